The minimum Gasteiger partial charge on any atom is -0.339 e. The highest BCUT2D eigenvalue weighted by Gasteiger charge is 2.41. The Balaban J connectivity index is 1.65. The quantitative estimate of drug-likeness (QED) is 0.849. The molecule has 2 saturated carbocycles. The zero-order valence-corrected chi connectivity index (χ0v) is 12.9. The lowest BCUT2D eigenvalue weighted by Gasteiger charge is -2.50. The summed E-state index contributed by atoms with van der Waals surface area (Å²) in [7, 11) is 0. The fourth-order valence-corrected chi connectivity index (χ4v) is 4.11. The Morgan fingerprint density at radius 3 is 2.70 bits per heavy atom. The van der Waals surface area contributed by atoms with Gasteiger partial charge in [0.2, 0.25) is 5.91 Å². The van der Waals surface area contributed by atoms with E-state index in [4.69, 9.17) is 0 Å². The van der Waals surface area contributed by atoms with Crippen molar-refractivity contribution in [3.8, 4) is 0 Å². The summed E-state index contributed by atoms with van der Waals surface area (Å²) in [5.74, 6) is 0.363. The molecule has 0 unspecified atom stereocenters. The Bertz CT molecular complexity index is 339. The Hall–Kier alpha value is -0.610. The third-order valence-electron chi connectivity index (χ3n) is 5.44. The molecule has 4 nitrogen and oxygen atoms in total. The monoisotopic (exact) mass is 279 g/mol. The number of rotatable bonds is 4. The summed E-state index contributed by atoms with van der Waals surface area (Å²) in [5, 5.41) is 3.56. The van der Waals surface area contributed by atoms with Crippen LogP contribution < -0.4 is 5.32 Å². The van der Waals surface area contributed by atoms with Crippen molar-refractivity contribution in [2.45, 2.75) is 63.5 Å². The van der Waals surface area contributed by atoms with Crippen molar-refractivity contribution >= 4 is 5.91 Å². The van der Waals surface area contributed by atoms with E-state index in [0.717, 1.165) is 26.2 Å². The molecule has 1 aliphatic heterocycles. The minimum atomic E-state index is 0.273. The van der Waals surface area contributed by atoms with Gasteiger partial charge in [-0.25, -0.2) is 0 Å². The number of carbonyl (C=O) groups excluding carboxylic acids is 1. The highest BCUT2D eigenvalue weighted by molar-refractivity contribution is 5.79. The molecule has 3 aliphatic rings. The summed E-state index contributed by atoms with van der Waals surface area (Å²) in [6, 6.07) is 0.553. The van der Waals surface area contributed by atoms with Crippen LogP contribution in [0.4, 0.5) is 0 Å². The molecule has 1 N–H and O–H groups in total. The molecule has 1 amide bonds. The predicted molar refractivity (Wildman–Crippen MR) is 80.7 cm³/mol. The second-order valence-corrected chi connectivity index (χ2v) is 6.79. The molecule has 3 rings (SSSR count). The van der Waals surface area contributed by atoms with Crippen LogP contribution in [0.3, 0.4) is 0 Å². The molecule has 1 saturated heterocycles. The smallest absolute Gasteiger partial charge is 0.237 e. The molecule has 0 radical (unpaired) electrons. The molecule has 0 atom stereocenters. The van der Waals surface area contributed by atoms with E-state index in [1.165, 1.54) is 44.9 Å². The van der Waals surface area contributed by atoms with Crippen LogP contribution in [-0.4, -0.2) is 60.0 Å². The molecule has 1 heterocycles. The van der Waals surface area contributed by atoms with Crippen molar-refractivity contribution in [2.24, 2.45) is 0 Å². The summed E-state index contributed by atoms with van der Waals surface area (Å²) in [6.45, 7) is 6.79. The van der Waals surface area contributed by atoms with Crippen molar-refractivity contribution < 1.29 is 4.79 Å². The lowest BCUT2D eigenvalue weighted by Crippen LogP contribution is -2.63. The number of hydrogen-bond acceptors (Lipinski definition) is 3. The maximum atomic E-state index is 12.6. The molecule has 0 aromatic carbocycles. The van der Waals surface area contributed by atoms with Crippen LogP contribution in [0.15, 0.2) is 0 Å². The minimum absolute atomic E-state index is 0.273. The van der Waals surface area contributed by atoms with Gasteiger partial charge in [-0.3, -0.25) is 9.69 Å². The predicted octanol–water partition coefficient (Wildman–Crippen LogP) is 1.61. The average Bonchev–Trinajstić information content (AvgIpc) is 3.28. The normalized spacial score (nSPS) is 26.6. The van der Waals surface area contributed by atoms with Crippen LogP contribution in [0.2, 0.25) is 0 Å². The van der Waals surface area contributed by atoms with Crippen molar-refractivity contribution in [1.82, 2.24) is 15.1 Å². The van der Waals surface area contributed by atoms with E-state index in [9.17, 15) is 4.79 Å². The molecule has 1 spiro atoms. The second kappa shape index (κ2) is 6.02. The molecular weight excluding hydrogens is 250 g/mol. The van der Waals surface area contributed by atoms with Gasteiger partial charge in [0.1, 0.15) is 0 Å². The van der Waals surface area contributed by atoms with Crippen molar-refractivity contribution in [3.63, 3.8) is 0 Å². The number of hydrogen-bond donors (Lipinski definition) is 1. The summed E-state index contributed by atoms with van der Waals surface area (Å²) >= 11 is 0. The van der Waals surface area contributed by atoms with Gasteiger partial charge in [0.25, 0.3) is 0 Å². The Morgan fingerprint density at radius 1 is 1.30 bits per heavy atom. The summed E-state index contributed by atoms with van der Waals surface area (Å²) in [5.41, 5.74) is 0.273. The van der Waals surface area contributed by atoms with Gasteiger partial charge in [-0.05, 0) is 32.6 Å². The molecule has 4 heteroatoms. The molecule has 20 heavy (non-hydrogen) atoms. The SMILES string of the molecule is CCN(C(=O)CN1CCNCC12CCCCC2)C1CC1. The molecule has 0 aromatic heterocycles. The maximum Gasteiger partial charge on any atom is 0.237 e. The Labute approximate surface area is 122 Å². The van der Waals surface area contributed by atoms with E-state index in [2.05, 4.69) is 22.0 Å². The van der Waals surface area contributed by atoms with Gasteiger partial charge in [0.15, 0.2) is 0 Å². The van der Waals surface area contributed by atoms with Crippen molar-refractivity contribution in [2.75, 3.05) is 32.7 Å². The fourth-order valence-electron chi connectivity index (χ4n) is 4.11. The van der Waals surface area contributed by atoms with Crippen LogP contribution >= 0.6 is 0 Å². The number of nitrogens with one attached hydrogen (secondary N) is 1. The van der Waals surface area contributed by atoms with Crippen molar-refractivity contribution in [3.05, 3.63) is 0 Å². The Morgan fingerprint density at radius 2 is 2.05 bits per heavy atom. The summed E-state index contributed by atoms with van der Waals surface area (Å²) < 4.78 is 0. The Kier molecular flexibility index (Phi) is 4.32. The van der Waals surface area contributed by atoms with Crippen molar-refractivity contribution in [1.29, 1.82) is 0 Å². The average molecular weight is 279 g/mol. The number of amides is 1. The van der Waals surface area contributed by atoms with Gasteiger partial charge in [0, 0.05) is 37.8 Å². The van der Waals surface area contributed by atoms with E-state index in [1.54, 1.807) is 0 Å². The molecule has 2 aliphatic carbocycles. The highest BCUT2D eigenvalue weighted by atomic mass is 16.2. The number of nitrogens with zero attached hydrogens (tertiary/aromatic N) is 2. The zero-order valence-electron chi connectivity index (χ0n) is 12.9. The fraction of sp³-hybridized carbons (Fsp3) is 0.938. The lowest BCUT2D eigenvalue weighted by molar-refractivity contribution is -0.135. The van der Waals surface area contributed by atoms with Crippen LogP contribution in [0.25, 0.3) is 0 Å². The molecule has 3 fully saturated rings. The first-order chi connectivity index (χ1) is 9.75. The van der Waals surface area contributed by atoms with Gasteiger partial charge >= 0.3 is 0 Å². The largest absolute Gasteiger partial charge is 0.339 e. The number of carbonyl (C=O) groups is 1. The highest BCUT2D eigenvalue weighted by Crippen LogP contribution is 2.35. The number of piperazine rings is 1. The van der Waals surface area contributed by atoms with Crippen LogP contribution in [0.5, 0.6) is 0 Å². The van der Waals surface area contributed by atoms with Gasteiger partial charge in [-0.2, -0.15) is 0 Å². The summed E-state index contributed by atoms with van der Waals surface area (Å²) in [6.07, 6.45) is 8.98. The van der Waals surface area contributed by atoms with Crippen LogP contribution in [0.1, 0.15) is 51.9 Å². The third kappa shape index (κ3) is 2.86. The molecule has 0 aromatic rings. The van der Waals surface area contributed by atoms with E-state index >= 15 is 0 Å². The summed E-state index contributed by atoms with van der Waals surface area (Å²) in [4.78, 5) is 17.2. The van der Waals surface area contributed by atoms with E-state index < -0.39 is 0 Å². The first kappa shape index (κ1) is 14.3. The first-order valence-electron chi connectivity index (χ1n) is 8.50. The van der Waals surface area contributed by atoms with Gasteiger partial charge in [-0.1, -0.05) is 19.3 Å². The van der Waals surface area contributed by atoms with Gasteiger partial charge in [0.05, 0.1) is 6.54 Å². The number of likely N-dealkylation sites (N-methyl/N-ethyl adjacent to an activating group) is 1. The van der Waals surface area contributed by atoms with Gasteiger partial charge < -0.3 is 10.2 Å². The van der Waals surface area contributed by atoms with Crippen LogP contribution in [0, 0.1) is 0 Å². The lowest BCUT2D eigenvalue weighted by atomic mass is 9.79. The standard InChI is InChI=1S/C16H29N3O/c1-2-19(14-6-7-14)15(20)12-18-11-10-17-13-16(18)8-4-3-5-9-16/h14,17H,2-13H2,1H3. The van der Waals surface area contributed by atoms with Crippen LogP contribution in [-0.2, 0) is 4.79 Å². The third-order valence-corrected chi connectivity index (χ3v) is 5.44. The molecule has 114 valence electrons. The van der Waals surface area contributed by atoms with E-state index in [-0.39, 0.29) is 5.54 Å². The molecular formula is C16H29N3O. The first-order valence-corrected chi connectivity index (χ1v) is 8.50. The van der Waals surface area contributed by atoms with E-state index in [1.807, 2.05) is 0 Å². The second-order valence-electron chi connectivity index (χ2n) is 6.79. The van der Waals surface area contributed by atoms with Gasteiger partial charge in [-0.15, -0.1) is 0 Å². The maximum absolute atomic E-state index is 12.6. The van der Waals surface area contributed by atoms with E-state index in [0.29, 0.717) is 18.5 Å². The molecule has 0 bridgehead atoms. The topological polar surface area (TPSA) is 35.6 Å². The zero-order chi connectivity index (χ0) is 14.0.